The molecule has 1 unspecified atom stereocenters. The molecule has 0 radical (unpaired) electrons. The molecule has 218 valence electrons. The van der Waals surface area contributed by atoms with Crippen LogP contribution >= 0.6 is 23.2 Å². The summed E-state index contributed by atoms with van der Waals surface area (Å²) in [5.41, 5.74) is 7.22. The molecule has 10 heteroatoms. The third kappa shape index (κ3) is 10.9. The van der Waals surface area contributed by atoms with Crippen LogP contribution in [0.4, 0.5) is 5.95 Å². The predicted molar refractivity (Wildman–Crippen MR) is 168 cm³/mol. The van der Waals surface area contributed by atoms with E-state index in [2.05, 4.69) is 48.5 Å². The average molecular weight is 588 g/mol. The second-order valence-electron chi connectivity index (χ2n) is 9.87. The van der Waals surface area contributed by atoms with Crippen LogP contribution in [0.3, 0.4) is 0 Å². The van der Waals surface area contributed by atoms with Crippen LogP contribution in [0, 0.1) is 0 Å². The van der Waals surface area contributed by atoms with E-state index < -0.39 is 0 Å². The first kappa shape index (κ1) is 33.3. The summed E-state index contributed by atoms with van der Waals surface area (Å²) in [6.45, 7) is 13.5. The standard InChI is InChI=1S/C21H26ClN7.C5H9Cl.C4H9N/c1-3-27(2)15-19-25-26-20(29(19)18-7-5-17(22)6-8-18)16-9-13-28(14-10-16)21-23-11-4-12-24-21;1-3-4-5(2)6;1-4(2)3-5/h4-8,11-12,16H,3,9-10,13-15H2,1-2H3;3-5H,1-2H3;3H,5H2,1-2H3/b;4-3-;. The first-order chi connectivity index (χ1) is 19.2. The molecule has 4 rings (SSSR count). The molecular formula is C30H44Cl2N8. The fourth-order valence-electron chi connectivity index (χ4n) is 3.98. The van der Waals surface area contributed by atoms with Gasteiger partial charge in [-0.15, -0.1) is 21.8 Å². The van der Waals surface area contributed by atoms with Crippen LogP contribution in [-0.2, 0) is 6.54 Å². The Morgan fingerprint density at radius 1 is 1.12 bits per heavy atom. The van der Waals surface area contributed by atoms with Gasteiger partial charge in [0.05, 0.1) is 6.54 Å². The van der Waals surface area contributed by atoms with E-state index in [-0.39, 0.29) is 5.38 Å². The predicted octanol–water partition coefficient (Wildman–Crippen LogP) is 6.61. The molecule has 0 saturated carbocycles. The Hall–Kier alpha value is -2.94. The Labute approximate surface area is 249 Å². The van der Waals surface area contributed by atoms with Gasteiger partial charge >= 0.3 is 0 Å². The molecular weight excluding hydrogens is 543 g/mol. The molecule has 0 aliphatic carbocycles. The van der Waals surface area contributed by atoms with Crippen molar-refractivity contribution in [2.45, 2.75) is 65.3 Å². The van der Waals surface area contributed by atoms with Gasteiger partial charge in [-0.3, -0.25) is 9.47 Å². The van der Waals surface area contributed by atoms with E-state index in [1.165, 1.54) is 0 Å². The molecule has 1 aromatic carbocycles. The molecule has 1 atom stereocenters. The maximum absolute atomic E-state index is 6.12. The molecule has 1 fully saturated rings. The summed E-state index contributed by atoms with van der Waals surface area (Å²) in [7, 11) is 2.10. The Morgan fingerprint density at radius 3 is 2.20 bits per heavy atom. The SMILES string of the molecule is C/C=C\C(C)Cl.CC(C)=CN.CCN(C)Cc1nnc(C2CCN(c3ncccn3)CC2)n1-c1ccc(Cl)cc1. The normalized spacial score (nSPS) is 14.3. The van der Waals surface area contributed by atoms with Crippen molar-refractivity contribution in [3.63, 3.8) is 0 Å². The van der Waals surface area contributed by atoms with E-state index in [0.717, 1.165) is 72.9 Å². The number of allylic oxidation sites excluding steroid dienone is 3. The summed E-state index contributed by atoms with van der Waals surface area (Å²) in [4.78, 5) is 13.2. The summed E-state index contributed by atoms with van der Waals surface area (Å²) >= 11 is 11.6. The second-order valence-corrected chi connectivity index (χ2v) is 11.0. The Balaban J connectivity index is 0.000000433. The highest BCUT2D eigenvalue weighted by atomic mass is 35.5. The van der Waals surface area contributed by atoms with Crippen molar-refractivity contribution in [2.75, 3.05) is 31.6 Å². The molecule has 1 aliphatic heterocycles. The largest absolute Gasteiger partial charge is 0.405 e. The highest BCUT2D eigenvalue weighted by Crippen LogP contribution is 2.31. The van der Waals surface area contributed by atoms with Crippen molar-refractivity contribution in [1.29, 1.82) is 0 Å². The van der Waals surface area contributed by atoms with Crippen LogP contribution in [0.2, 0.25) is 5.02 Å². The fourth-order valence-corrected chi connectivity index (χ4v) is 4.25. The lowest BCUT2D eigenvalue weighted by molar-refractivity contribution is 0.333. The highest BCUT2D eigenvalue weighted by molar-refractivity contribution is 6.30. The van der Waals surface area contributed by atoms with Gasteiger partial charge in [0.15, 0.2) is 5.82 Å². The quantitative estimate of drug-likeness (QED) is 0.246. The molecule has 40 heavy (non-hydrogen) atoms. The monoisotopic (exact) mass is 586 g/mol. The van der Waals surface area contributed by atoms with Gasteiger partial charge in [-0.2, -0.15) is 0 Å². The van der Waals surface area contributed by atoms with Gasteiger partial charge in [0.2, 0.25) is 5.95 Å². The number of nitrogens with zero attached hydrogens (tertiary/aromatic N) is 7. The smallest absolute Gasteiger partial charge is 0.225 e. The molecule has 0 bridgehead atoms. The summed E-state index contributed by atoms with van der Waals surface area (Å²) in [5.74, 6) is 3.13. The number of nitrogens with two attached hydrogens (primary N) is 1. The van der Waals surface area contributed by atoms with Crippen LogP contribution in [0.15, 0.2) is 66.7 Å². The van der Waals surface area contributed by atoms with E-state index >= 15 is 0 Å². The number of benzene rings is 1. The molecule has 2 N–H and O–H groups in total. The molecule has 3 heterocycles. The number of rotatable bonds is 7. The van der Waals surface area contributed by atoms with Crippen LogP contribution in [0.25, 0.3) is 5.69 Å². The van der Waals surface area contributed by atoms with Gasteiger partial charge in [-0.1, -0.05) is 36.2 Å². The van der Waals surface area contributed by atoms with E-state index in [4.69, 9.17) is 28.9 Å². The molecule has 1 aliphatic rings. The van der Waals surface area contributed by atoms with Crippen molar-refractivity contribution < 1.29 is 0 Å². The van der Waals surface area contributed by atoms with Crippen molar-refractivity contribution in [2.24, 2.45) is 5.73 Å². The number of anilines is 1. The van der Waals surface area contributed by atoms with Crippen LogP contribution < -0.4 is 10.6 Å². The second kappa shape index (κ2) is 17.7. The van der Waals surface area contributed by atoms with Crippen molar-refractivity contribution >= 4 is 29.2 Å². The van der Waals surface area contributed by atoms with Gasteiger partial charge in [0, 0.05) is 47.5 Å². The number of hydrogen-bond donors (Lipinski definition) is 1. The molecule has 1 saturated heterocycles. The van der Waals surface area contributed by atoms with Gasteiger partial charge in [0.1, 0.15) is 5.82 Å². The minimum atomic E-state index is 0.190. The number of halogens is 2. The summed E-state index contributed by atoms with van der Waals surface area (Å²) in [6, 6.07) is 9.77. The summed E-state index contributed by atoms with van der Waals surface area (Å²) in [6.07, 6.45) is 11.0. The number of hydrogen-bond acceptors (Lipinski definition) is 7. The molecule has 0 amide bonds. The lowest BCUT2D eigenvalue weighted by atomic mass is 9.96. The van der Waals surface area contributed by atoms with E-state index in [9.17, 15) is 0 Å². The number of piperidine rings is 1. The Morgan fingerprint density at radius 2 is 1.73 bits per heavy atom. The van der Waals surface area contributed by atoms with Gasteiger partial charge in [-0.25, -0.2) is 9.97 Å². The van der Waals surface area contributed by atoms with Crippen LogP contribution in [0.1, 0.15) is 65.0 Å². The zero-order valence-electron chi connectivity index (χ0n) is 24.6. The van der Waals surface area contributed by atoms with Gasteiger partial charge < -0.3 is 10.6 Å². The number of alkyl halides is 1. The van der Waals surface area contributed by atoms with Crippen molar-refractivity contribution in [3.8, 4) is 5.69 Å². The maximum atomic E-state index is 6.12. The minimum absolute atomic E-state index is 0.190. The van der Waals surface area contributed by atoms with Crippen molar-refractivity contribution in [3.05, 3.63) is 83.3 Å². The summed E-state index contributed by atoms with van der Waals surface area (Å²) < 4.78 is 2.21. The lowest BCUT2D eigenvalue weighted by Gasteiger charge is -2.31. The third-order valence-electron chi connectivity index (χ3n) is 6.28. The zero-order chi connectivity index (χ0) is 29.5. The first-order valence-corrected chi connectivity index (χ1v) is 14.5. The molecule has 2 aromatic heterocycles. The Kier molecular flexibility index (Phi) is 14.7. The van der Waals surface area contributed by atoms with E-state index in [0.29, 0.717) is 5.92 Å². The average Bonchev–Trinajstić information content (AvgIpc) is 3.37. The van der Waals surface area contributed by atoms with Crippen molar-refractivity contribution in [1.82, 2.24) is 29.6 Å². The third-order valence-corrected chi connectivity index (χ3v) is 6.67. The minimum Gasteiger partial charge on any atom is -0.405 e. The zero-order valence-corrected chi connectivity index (χ0v) is 26.1. The van der Waals surface area contributed by atoms with Crippen LogP contribution in [0.5, 0.6) is 0 Å². The molecule has 0 spiro atoms. The number of aromatic nitrogens is 5. The maximum Gasteiger partial charge on any atom is 0.225 e. The topological polar surface area (TPSA) is 89.0 Å². The lowest BCUT2D eigenvalue weighted by Crippen LogP contribution is -2.34. The Bertz CT molecular complexity index is 1160. The van der Waals surface area contributed by atoms with Gasteiger partial charge in [-0.05, 0) is 90.7 Å². The fraction of sp³-hybridized carbons (Fsp3) is 0.467. The highest BCUT2D eigenvalue weighted by Gasteiger charge is 2.28. The molecule has 8 nitrogen and oxygen atoms in total. The van der Waals surface area contributed by atoms with E-state index in [1.54, 1.807) is 18.6 Å². The van der Waals surface area contributed by atoms with E-state index in [1.807, 2.05) is 70.2 Å². The first-order valence-electron chi connectivity index (χ1n) is 13.7. The van der Waals surface area contributed by atoms with Crippen LogP contribution in [-0.4, -0.2) is 61.7 Å². The summed E-state index contributed by atoms with van der Waals surface area (Å²) in [5, 5.41) is 10.1. The van der Waals surface area contributed by atoms with Gasteiger partial charge in [0.25, 0.3) is 0 Å². The molecule has 3 aromatic rings.